The SMILES string of the molecule is CN1CCCCC/C1=N\S(=O)(=O)c1cccc(NC(=O)C(C)(C)c2ccc(F)cc2)c1. The largest absolute Gasteiger partial charge is 0.362 e. The van der Waals surface area contributed by atoms with Gasteiger partial charge in [-0.05, 0) is 62.6 Å². The Balaban J connectivity index is 1.82. The summed E-state index contributed by atoms with van der Waals surface area (Å²) in [6.45, 7) is 4.23. The first-order chi connectivity index (χ1) is 14.6. The van der Waals surface area contributed by atoms with Gasteiger partial charge in [-0.15, -0.1) is 4.40 Å². The van der Waals surface area contributed by atoms with Crippen LogP contribution in [0.15, 0.2) is 57.8 Å². The molecule has 2 aromatic rings. The van der Waals surface area contributed by atoms with Crippen molar-refractivity contribution in [2.24, 2.45) is 4.40 Å². The number of amidine groups is 1. The molecule has 1 heterocycles. The summed E-state index contributed by atoms with van der Waals surface area (Å²) in [4.78, 5) is 14.8. The number of carbonyl (C=O) groups is 1. The van der Waals surface area contributed by atoms with Crippen molar-refractivity contribution in [3.05, 3.63) is 59.9 Å². The molecule has 0 aromatic heterocycles. The Morgan fingerprint density at radius 1 is 1.10 bits per heavy atom. The second kappa shape index (κ2) is 9.18. The van der Waals surface area contributed by atoms with Crippen molar-refractivity contribution in [1.29, 1.82) is 0 Å². The number of rotatable bonds is 5. The van der Waals surface area contributed by atoms with E-state index in [1.807, 2.05) is 11.9 Å². The van der Waals surface area contributed by atoms with E-state index in [1.54, 1.807) is 38.1 Å². The molecule has 0 atom stereocenters. The van der Waals surface area contributed by atoms with Gasteiger partial charge in [0.2, 0.25) is 5.91 Å². The van der Waals surface area contributed by atoms with Crippen molar-refractivity contribution in [1.82, 2.24) is 4.90 Å². The predicted octanol–water partition coefficient (Wildman–Crippen LogP) is 4.34. The highest BCUT2D eigenvalue weighted by molar-refractivity contribution is 7.90. The number of nitrogens with one attached hydrogen (secondary N) is 1. The molecule has 0 unspecified atom stereocenters. The Bertz CT molecular complexity index is 1080. The maximum Gasteiger partial charge on any atom is 0.284 e. The molecule has 0 aliphatic carbocycles. The number of anilines is 1. The van der Waals surface area contributed by atoms with Crippen molar-refractivity contribution in [2.75, 3.05) is 18.9 Å². The van der Waals surface area contributed by atoms with Crippen LogP contribution in [-0.2, 0) is 20.2 Å². The van der Waals surface area contributed by atoms with Crippen LogP contribution >= 0.6 is 0 Å². The zero-order valence-corrected chi connectivity index (χ0v) is 18.9. The van der Waals surface area contributed by atoms with E-state index < -0.39 is 15.4 Å². The lowest BCUT2D eigenvalue weighted by atomic mass is 9.83. The molecular formula is C23H28FN3O3S. The Kier molecular flexibility index (Phi) is 6.79. The van der Waals surface area contributed by atoms with Gasteiger partial charge in [0.25, 0.3) is 10.0 Å². The fourth-order valence-corrected chi connectivity index (χ4v) is 4.59. The monoisotopic (exact) mass is 445 g/mol. The minimum Gasteiger partial charge on any atom is -0.362 e. The molecule has 0 radical (unpaired) electrons. The van der Waals surface area contributed by atoms with Crippen molar-refractivity contribution >= 4 is 27.5 Å². The predicted molar refractivity (Wildman–Crippen MR) is 120 cm³/mol. The van der Waals surface area contributed by atoms with Crippen LogP contribution in [0.5, 0.6) is 0 Å². The average Bonchev–Trinajstić information content (AvgIpc) is 2.92. The zero-order valence-electron chi connectivity index (χ0n) is 18.1. The van der Waals surface area contributed by atoms with Gasteiger partial charge < -0.3 is 10.2 Å². The van der Waals surface area contributed by atoms with E-state index >= 15 is 0 Å². The molecule has 1 amide bonds. The third-order valence-corrected chi connectivity index (χ3v) is 6.88. The number of halogens is 1. The molecule has 3 rings (SSSR count). The van der Waals surface area contributed by atoms with Gasteiger partial charge in [-0.3, -0.25) is 4.79 Å². The highest BCUT2D eigenvalue weighted by Gasteiger charge is 2.30. The van der Waals surface area contributed by atoms with E-state index in [4.69, 9.17) is 0 Å². The topological polar surface area (TPSA) is 78.8 Å². The summed E-state index contributed by atoms with van der Waals surface area (Å²) in [6.07, 6.45) is 3.60. The fourth-order valence-electron chi connectivity index (χ4n) is 3.45. The summed E-state index contributed by atoms with van der Waals surface area (Å²) in [5.74, 6) is -0.147. The zero-order chi connectivity index (χ0) is 22.6. The third kappa shape index (κ3) is 5.50. The first-order valence-corrected chi connectivity index (χ1v) is 11.8. The van der Waals surface area contributed by atoms with Gasteiger partial charge >= 0.3 is 0 Å². The Morgan fingerprint density at radius 3 is 2.52 bits per heavy atom. The molecule has 1 saturated heterocycles. The molecule has 8 heteroatoms. The number of likely N-dealkylation sites (tertiary alicyclic amines) is 1. The maximum absolute atomic E-state index is 13.2. The number of carbonyl (C=O) groups excluding carboxylic acids is 1. The smallest absolute Gasteiger partial charge is 0.284 e. The maximum atomic E-state index is 13.2. The van der Waals surface area contributed by atoms with E-state index in [1.165, 1.54) is 24.3 Å². The van der Waals surface area contributed by atoms with Gasteiger partial charge in [-0.1, -0.05) is 24.6 Å². The minimum atomic E-state index is -3.91. The van der Waals surface area contributed by atoms with Crippen LogP contribution in [0.25, 0.3) is 0 Å². The lowest BCUT2D eigenvalue weighted by Crippen LogP contribution is -2.34. The van der Waals surface area contributed by atoms with Gasteiger partial charge in [-0.2, -0.15) is 8.42 Å². The average molecular weight is 446 g/mol. The van der Waals surface area contributed by atoms with Gasteiger partial charge in [0.1, 0.15) is 11.7 Å². The molecule has 1 N–H and O–H groups in total. The number of hydrogen-bond acceptors (Lipinski definition) is 3. The minimum absolute atomic E-state index is 0.0232. The highest BCUT2D eigenvalue weighted by atomic mass is 32.2. The molecule has 31 heavy (non-hydrogen) atoms. The van der Waals surface area contributed by atoms with Crippen molar-refractivity contribution in [2.45, 2.75) is 49.8 Å². The lowest BCUT2D eigenvalue weighted by molar-refractivity contribution is -0.120. The van der Waals surface area contributed by atoms with Gasteiger partial charge in [0, 0.05) is 25.7 Å². The first kappa shape index (κ1) is 22.9. The third-order valence-electron chi connectivity index (χ3n) is 5.58. The fraction of sp³-hybridized carbons (Fsp3) is 0.391. The van der Waals surface area contributed by atoms with Crippen LogP contribution in [0.4, 0.5) is 10.1 Å². The normalized spacial score (nSPS) is 16.8. The van der Waals surface area contributed by atoms with Crippen LogP contribution in [0.2, 0.25) is 0 Å². The molecule has 0 saturated carbocycles. The molecule has 2 aromatic carbocycles. The summed E-state index contributed by atoms with van der Waals surface area (Å²) >= 11 is 0. The van der Waals surface area contributed by atoms with E-state index in [9.17, 15) is 17.6 Å². The van der Waals surface area contributed by atoms with E-state index in [0.29, 0.717) is 23.5 Å². The molecule has 1 fully saturated rings. The second-order valence-electron chi connectivity index (χ2n) is 8.33. The van der Waals surface area contributed by atoms with Crippen LogP contribution in [-0.4, -0.2) is 38.7 Å². The molecule has 0 spiro atoms. The molecular weight excluding hydrogens is 417 g/mol. The standard InChI is InChI=1S/C23H28FN3O3S/c1-23(2,17-11-13-18(24)14-12-17)22(28)25-19-8-7-9-20(16-19)31(29,30)26-21-10-5-4-6-15-27(21)3/h7-9,11-14,16H,4-6,10,15H2,1-3H3,(H,25,28)/b26-21+. The van der Waals surface area contributed by atoms with E-state index in [-0.39, 0.29) is 16.6 Å². The molecule has 6 nitrogen and oxygen atoms in total. The summed E-state index contributed by atoms with van der Waals surface area (Å²) in [6, 6.07) is 11.8. The van der Waals surface area contributed by atoms with Gasteiger partial charge in [-0.25, -0.2) is 4.39 Å². The molecule has 0 bridgehead atoms. The molecule has 1 aliphatic heterocycles. The summed E-state index contributed by atoms with van der Waals surface area (Å²) < 4.78 is 43.1. The second-order valence-corrected chi connectivity index (χ2v) is 9.93. The number of benzene rings is 2. The number of hydrogen-bond donors (Lipinski definition) is 1. The summed E-state index contributed by atoms with van der Waals surface area (Å²) in [7, 11) is -2.05. The quantitative estimate of drug-likeness (QED) is 0.743. The van der Waals surface area contributed by atoms with E-state index in [2.05, 4.69) is 9.71 Å². The van der Waals surface area contributed by atoms with Crippen molar-refractivity contribution < 1.29 is 17.6 Å². The number of nitrogens with zero attached hydrogens (tertiary/aromatic N) is 2. The Hall–Kier alpha value is -2.74. The van der Waals surface area contributed by atoms with Crippen LogP contribution in [0.1, 0.15) is 45.1 Å². The number of sulfonamides is 1. The van der Waals surface area contributed by atoms with Gasteiger partial charge in [0.05, 0.1) is 10.3 Å². The van der Waals surface area contributed by atoms with Crippen molar-refractivity contribution in [3.8, 4) is 0 Å². The summed E-state index contributed by atoms with van der Waals surface area (Å²) in [5.41, 5.74) is 0.0694. The molecule has 1 aliphatic rings. The van der Waals surface area contributed by atoms with Crippen molar-refractivity contribution in [3.63, 3.8) is 0 Å². The van der Waals surface area contributed by atoms with Crippen LogP contribution < -0.4 is 5.32 Å². The molecule has 166 valence electrons. The highest BCUT2D eigenvalue weighted by Crippen LogP contribution is 2.26. The van der Waals surface area contributed by atoms with Crippen LogP contribution in [0, 0.1) is 5.82 Å². The lowest BCUT2D eigenvalue weighted by Gasteiger charge is -2.24. The summed E-state index contributed by atoms with van der Waals surface area (Å²) in [5, 5.41) is 2.77. The Morgan fingerprint density at radius 2 is 1.81 bits per heavy atom. The Labute approximate surface area is 183 Å². The first-order valence-electron chi connectivity index (χ1n) is 10.3. The van der Waals surface area contributed by atoms with Gasteiger partial charge in [0.15, 0.2) is 0 Å². The number of amides is 1. The van der Waals surface area contributed by atoms with E-state index in [0.717, 1.165) is 25.8 Å². The van der Waals surface area contributed by atoms with Crippen LogP contribution in [0.3, 0.4) is 0 Å².